The van der Waals surface area contributed by atoms with Gasteiger partial charge in [0.25, 0.3) is 0 Å². The molecule has 1 aromatic heterocycles. The Kier molecular flexibility index (Phi) is 3.29. The molecule has 2 rings (SSSR count). The van der Waals surface area contributed by atoms with Crippen LogP contribution in [-0.2, 0) is 11.3 Å². The summed E-state index contributed by atoms with van der Waals surface area (Å²) in [5.41, 5.74) is 3.63. The van der Waals surface area contributed by atoms with Crippen LogP contribution in [0.25, 0.3) is 10.9 Å². The van der Waals surface area contributed by atoms with E-state index in [4.69, 9.17) is 0 Å². The number of hydrogen-bond acceptors (Lipinski definition) is 2. The normalized spacial score (nSPS) is 11.3. The van der Waals surface area contributed by atoms with E-state index in [0.717, 1.165) is 12.1 Å². The standard InChI is InChI=1S/C14H18N2O/c1-10(17)8-16(3)9-13-11(2)15-14-7-5-4-6-12(13)14/h4-7,15H,8-9H2,1-3H3. The molecule has 0 amide bonds. The highest BCUT2D eigenvalue weighted by atomic mass is 16.1. The molecule has 0 bridgehead atoms. The third kappa shape index (κ3) is 2.56. The van der Waals surface area contributed by atoms with Crippen molar-refractivity contribution >= 4 is 16.7 Å². The lowest BCUT2D eigenvalue weighted by atomic mass is 10.1. The minimum Gasteiger partial charge on any atom is -0.358 e. The number of aromatic nitrogens is 1. The molecule has 1 heterocycles. The van der Waals surface area contributed by atoms with Crippen LogP contribution in [0.1, 0.15) is 18.2 Å². The smallest absolute Gasteiger partial charge is 0.143 e. The molecule has 0 aliphatic rings. The number of aromatic amines is 1. The summed E-state index contributed by atoms with van der Waals surface area (Å²) >= 11 is 0. The van der Waals surface area contributed by atoms with Crippen LogP contribution in [0.4, 0.5) is 0 Å². The van der Waals surface area contributed by atoms with Crippen LogP contribution in [0.15, 0.2) is 24.3 Å². The Labute approximate surface area is 101 Å². The molecule has 0 aliphatic heterocycles. The monoisotopic (exact) mass is 230 g/mol. The number of Topliss-reactive ketones (excluding diaryl/α,β-unsaturated/α-hetero) is 1. The Morgan fingerprint density at radius 1 is 1.35 bits per heavy atom. The van der Waals surface area contributed by atoms with E-state index in [-0.39, 0.29) is 5.78 Å². The summed E-state index contributed by atoms with van der Waals surface area (Å²) in [7, 11) is 1.97. The summed E-state index contributed by atoms with van der Waals surface area (Å²) in [5.74, 6) is 0.199. The fraction of sp³-hybridized carbons (Fsp3) is 0.357. The number of carbonyl (C=O) groups is 1. The number of rotatable bonds is 4. The maximum absolute atomic E-state index is 11.1. The summed E-state index contributed by atoms with van der Waals surface area (Å²) in [6.07, 6.45) is 0. The van der Waals surface area contributed by atoms with Gasteiger partial charge in [-0.1, -0.05) is 18.2 Å². The fourth-order valence-corrected chi connectivity index (χ4v) is 2.24. The molecule has 0 unspecified atom stereocenters. The first-order valence-corrected chi connectivity index (χ1v) is 5.82. The number of likely N-dealkylation sites (N-methyl/N-ethyl adjacent to an activating group) is 1. The lowest BCUT2D eigenvalue weighted by Crippen LogP contribution is -2.24. The number of nitrogens with one attached hydrogen (secondary N) is 1. The average molecular weight is 230 g/mol. The van der Waals surface area contributed by atoms with Gasteiger partial charge in [-0.3, -0.25) is 9.69 Å². The van der Waals surface area contributed by atoms with Crippen LogP contribution in [0.3, 0.4) is 0 Å². The molecular weight excluding hydrogens is 212 g/mol. The summed E-state index contributed by atoms with van der Waals surface area (Å²) in [5, 5.41) is 1.25. The molecular formula is C14H18N2O. The van der Waals surface area contributed by atoms with Gasteiger partial charge in [0.15, 0.2) is 0 Å². The van der Waals surface area contributed by atoms with Crippen molar-refractivity contribution in [3.8, 4) is 0 Å². The Balaban J connectivity index is 2.29. The zero-order chi connectivity index (χ0) is 12.4. The molecule has 90 valence electrons. The molecule has 17 heavy (non-hydrogen) atoms. The average Bonchev–Trinajstić information content (AvgIpc) is 2.55. The molecule has 1 aromatic carbocycles. The van der Waals surface area contributed by atoms with Gasteiger partial charge in [-0.15, -0.1) is 0 Å². The van der Waals surface area contributed by atoms with E-state index >= 15 is 0 Å². The van der Waals surface area contributed by atoms with E-state index < -0.39 is 0 Å². The highest BCUT2D eigenvalue weighted by Crippen LogP contribution is 2.22. The number of benzene rings is 1. The molecule has 0 atom stereocenters. The minimum absolute atomic E-state index is 0.199. The summed E-state index contributed by atoms with van der Waals surface area (Å²) < 4.78 is 0. The van der Waals surface area contributed by atoms with E-state index in [2.05, 4.69) is 24.0 Å². The number of nitrogens with zero attached hydrogens (tertiary/aromatic N) is 1. The van der Waals surface area contributed by atoms with Crippen molar-refractivity contribution < 1.29 is 4.79 Å². The summed E-state index contributed by atoms with van der Waals surface area (Å²) in [6.45, 7) is 5.00. The quantitative estimate of drug-likeness (QED) is 0.876. The van der Waals surface area contributed by atoms with Crippen molar-refractivity contribution in [3.05, 3.63) is 35.5 Å². The van der Waals surface area contributed by atoms with Gasteiger partial charge < -0.3 is 4.98 Å². The van der Waals surface area contributed by atoms with Crippen LogP contribution in [0, 0.1) is 6.92 Å². The van der Waals surface area contributed by atoms with Crippen molar-refractivity contribution in [3.63, 3.8) is 0 Å². The largest absolute Gasteiger partial charge is 0.358 e. The molecule has 0 saturated carbocycles. The number of ketones is 1. The summed E-state index contributed by atoms with van der Waals surface area (Å²) in [4.78, 5) is 16.5. The first-order chi connectivity index (χ1) is 8.08. The zero-order valence-corrected chi connectivity index (χ0v) is 10.6. The lowest BCUT2D eigenvalue weighted by molar-refractivity contribution is -0.117. The fourth-order valence-electron chi connectivity index (χ4n) is 2.24. The molecule has 1 N–H and O–H groups in total. The number of H-pyrrole nitrogens is 1. The SMILES string of the molecule is CC(=O)CN(C)Cc1c(C)[nH]c2ccccc12. The maximum atomic E-state index is 11.1. The van der Waals surface area contributed by atoms with Gasteiger partial charge in [0.2, 0.25) is 0 Å². The number of hydrogen-bond donors (Lipinski definition) is 1. The molecule has 3 nitrogen and oxygen atoms in total. The van der Waals surface area contributed by atoms with Gasteiger partial charge in [-0.05, 0) is 32.5 Å². The number of aryl methyl sites for hydroxylation is 1. The second kappa shape index (κ2) is 4.72. The Morgan fingerprint density at radius 2 is 2.06 bits per heavy atom. The molecule has 0 radical (unpaired) electrons. The third-order valence-electron chi connectivity index (χ3n) is 2.95. The van der Waals surface area contributed by atoms with Gasteiger partial charge in [-0.25, -0.2) is 0 Å². The Hall–Kier alpha value is -1.61. The van der Waals surface area contributed by atoms with Crippen molar-refractivity contribution in [1.82, 2.24) is 9.88 Å². The van der Waals surface area contributed by atoms with E-state index in [1.165, 1.54) is 16.6 Å². The summed E-state index contributed by atoms with van der Waals surface area (Å²) in [6, 6.07) is 8.28. The molecule has 0 saturated heterocycles. The van der Waals surface area contributed by atoms with Gasteiger partial charge in [0.05, 0.1) is 6.54 Å². The topological polar surface area (TPSA) is 36.1 Å². The van der Waals surface area contributed by atoms with Crippen molar-refractivity contribution in [2.24, 2.45) is 0 Å². The highest BCUT2D eigenvalue weighted by Gasteiger charge is 2.10. The zero-order valence-electron chi connectivity index (χ0n) is 10.6. The predicted molar refractivity (Wildman–Crippen MR) is 70.1 cm³/mol. The van der Waals surface area contributed by atoms with Crippen LogP contribution in [0.5, 0.6) is 0 Å². The van der Waals surface area contributed by atoms with E-state index in [1.54, 1.807) is 6.92 Å². The van der Waals surface area contributed by atoms with E-state index in [9.17, 15) is 4.79 Å². The molecule has 3 heteroatoms. The van der Waals surface area contributed by atoms with Gasteiger partial charge >= 0.3 is 0 Å². The van der Waals surface area contributed by atoms with Crippen LogP contribution < -0.4 is 0 Å². The number of carbonyl (C=O) groups excluding carboxylic acids is 1. The highest BCUT2D eigenvalue weighted by molar-refractivity contribution is 5.84. The molecule has 2 aromatic rings. The van der Waals surface area contributed by atoms with Crippen LogP contribution in [-0.4, -0.2) is 29.3 Å². The maximum Gasteiger partial charge on any atom is 0.143 e. The minimum atomic E-state index is 0.199. The molecule has 0 aliphatic carbocycles. The van der Waals surface area contributed by atoms with E-state index in [1.807, 2.05) is 24.1 Å². The first kappa shape index (κ1) is 11.9. The first-order valence-electron chi connectivity index (χ1n) is 5.82. The molecule has 0 fully saturated rings. The number of fused-ring (bicyclic) bond motifs is 1. The second-order valence-corrected chi connectivity index (χ2v) is 4.65. The molecule has 0 spiro atoms. The number of para-hydroxylation sites is 1. The third-order valence-corrected chi connectivity index (χ3v) is 2.95. The van der Waals surface area contributed by atoms with Gasteiger partial charge in [0, 0.05) is 23.1 Å². The van der Waals surface area contributed by atoms with Crippen molar-refractivity contribution in [2.75, 3.05) is 13.6 Å². The van der Waals surface area contributed by atoms with Crippen LogP contribution in [0.2, 0.25) is 0 Å². The predicted octanol–water partition coefficient (Wildman–Crippen LogP) is 2.50. The lowest BCUT2D eigenvalue weighted by Gasteiger charge is -2.14. The Morgan fingerprint density at radius 3 is 2.76 bits per heavy atom. The van der Waals surface area contributed by atoms with Gasteiger partial charge in [0.1, 0.15) is 5.78 Å². The van der Waals surface area contributed by atoms with Crippen LogP contribution >= 0.6 is 0 Å². The van der Waals surface area contributed by atoms with Crippen molar-refractivity contribution in [2.45, 2.75) is 20.4 Å². The van der Waals surface area contributed by atoms with Gasteiger partial charge in [-0.2, -0.15) is 0 Å². The van der Waals surface area contributed by atoms with E-state index in [0.29, 0.717) is 6.54 Å². The Bertz CT molecular complexity index is 542. The van der Waals surface area contributed by atoms with Crippen molar-refractivity contribution in [1.29, 1.82) is 0 Å². The second-order valence-electron chi connectivity index (χ2n) is 4.65.